The second-order valence-electron chi connectivity index (χ2n) is 6.76. The predicted molar refractivity (Wildman–Crippen MR) is 111 cm³/mol. The number of nitrogens with two attached hydrogens (primary N) is 1. The van der Waals surface area contributed by atoms with Gasteiger partial charge in [-0.1, -0.05) is 18.0 Å². The van der Waals surface area contributed by atoms with E-state index >= 15 is 0 Å². The van der Waals surface area contributed by atoms with E-state index in [9.17, 15) is 9.59 Å². The Kier molecular flexibility index (Phi) is 5.24. The fraction of sp³-hybridized carbons (Fsp3) is 0.238. The fourth-order valence-electron chi connectivity index (χ4n) is 3.49. The Morgan fingerprint density at radius 1 is 1.04 bits per heavy atom. The third-order valence-corrected chi connectivity index (χ3v) is 6.31. The van der Waals surface area contributed by atoms with Crippen molar-refractivity contribution in [3.8, 4) is 11.3 Å². The van der Waals surface area contributed by atoms with Crippen LogP contribution in [0.3, 0.4) is 0 Å². The summed E-state index contributed by atoms with van der Waals surface area (Å²) in [6.45, 7) is 0. The molecule has 0 radical (unpaired) electrons. The molecule has 3 aromatic rings. The second kappa shape index (κ2) is 7.81. The Morgan fingerprint density at radius 3 is 2.54 bits per heavy atom. The van der Waals surface area contributed by atoms with E-state index in [1.807, 2.05) is 12.1 Å². The average molecular weight is 415 g/mol. The van der Waals surface area contributed by atoms with Gasteiger partial charge in [-0.25, -0.2) is 0 Å². The summed E-state index contributed by atoms with van der Waals surface area (Å²) < 4.78 is 5.70. The molecule has 2 aromatic heterocycles. The zero-order valence-electron chi connectivity index (χ0n) is 15.1. The number of fused-ring (bicyclic) bond motifs is 1. The number of benzene rings is 1. The molecule has 0 atom stereocenters. The molecule has 0 unspecified atom stereocenters. The lowest BCUT2D eigenvalue weighted by molar-refractivity contribution is 0.0998. The summed E-state index contributed by atoms with van der Waals surface area (Å²) in [4.78, 5) is 25.9. The highest BCUT2D eigenvalue weighted by atomic mass is 35.5. The van der Waals surface area contributed by atoms with Crippen LogP contribution in [-0.4, -0.2) is 11.8 Å². The van der Waals surface area contributed by atoms with Gasteiger partial charge >= 0.3 is 0 Å². The number of halogens is 1. The topological polar surface area (TPSA) is 85.3 Å². The summed E-state index contributed by atoms with van der Waals surface area (Å²) in [5.41, 5.74) is 7.88. The number of hydrogen-bond donors (Lipinski definition) is 2. The Bertz CT molecular complexity index is 1040. The molecule has 28 heavy (non-hydrogen) atoms. The number of carbonyl (C=O) groups excluding carboxylic acids is 2. The zero-order chi connectivity index (χ0) is 19.7. The van der Waals surface area contributed by atoms with Crippen molar-refractivity contribution in [2.24, 2.45) is 5.73 Å². The maximum atomic E-state index is 12.7. The van der Waals surface area contributed by atoms with Crippen LogP contribution in [0.1, 0.15) is 50.6 Å². The van der Waals surface area contributed by atoms with E-state index in [1.54, 1.807) is 24.3 Å². The van der Waals surface area contributed by atoms with Gasteiger partial charge in [-0.05, 0) is 67.6 Å². The fourth-order valence-corrected chi connectivity index (χ4v) is 4.90. The number of aryl methyl sites for hydroxylation is 1. The van der Waals surface area contributed by atoms with Gasteiger partial charge in [0.15, 0.2) is 5.76 Å². The van der Waals surface area contributed by atoms with E-state index < -0.39 is 11.8 Å². The van der Waals surface area contributed by atoms with Gasteiger partial charge in [0.2, 0.25) is 0 Å². The summed E-state index contributed by atoms with van der Waals surface area (Å²) in [5.74, 6) is -0.169. The smallest absolute Gasteiger partial charge is 0.292 e. The molecule has 5 nitrogen and oxygen atoms in total. The number of rotatable bonds is 4. The van der Waals surface area contributed by atoms with Gasteiger partial charge in [0.1, 0.15) is 10.8 Å². The Balaban J connectivity index is 1.59. The van der Waals surface area contributed by atoms with Crippen molar-refractivity contribution in [1.82, 2.24) is 0 Å². The molecule has 3 N–H and O–H groups in total. The highest BCUT2D eigenvalue weighted by Crippen LogP contribution is 2.37. The highest BCUT2D eigenvalue weighted by molar-refractivity contribution is 7.17. The third-order valence-electron chi connectivity index (χ3n) is 4.85. The maximum Gasteiger partial charge on any atom is 0.292 e. The van der Waals surface area contributed by atoms with Crippen LogP contribution < -0.4 is 11.1 Å². The van der Waals surface area contributed by atoms with Crippen LogP contribution >= 0.6 is 22.9 Å². The first-order valence-electron chi connectivity index (χ1n) is 9.14. The molecule has 0 spiro atoms. The summed E-state index contributed by atoms with van der Waals surface area (Å²) in [5, 5.41) is 3.96. The summed E-state index contributed by atoms with van der Waals surface area (Å²) in [6.07, 6.45) is 4.99. The Morgan fingerprint density at radius 2 is 1.79 bits per heavy atom. The lowest BCUT2D eigenvalue weighted by atomic mass is 10.1. The molecule has 2 amide bonds. The van der Waals surface area contributed by atoms with Gasteiger partial charge in [-0.15, -0.1) is 11.3 Å². The van der Waals surface area contributed by atoms with Crippen molar-refractivity contribution in [3.05, 3.63) is 63.2 Å². The molecule has 1 aliphatic rings. The number of thiophene rings is 1. The van der Waals surface area contributed by atoms with Crippen molar-refractivity contribution < 1.29 is 14.0 Å². The number of primary amides is 1. The molecule has 2 heterocycles. The monoisotopic (exact) mass is 414 g/mol. The van der Waals surface area contributed by atoms with E-state index in [4.69, 9.17) is 21.8 Å². The summed E-state index contributed by atoms with van der Waals surface area (Å²) >= 11 is 7.35. The van der Waals surface area contributed by atoms with Gasteiger partial charge in [-0.2, -0.15) is 0 Å². The molecule has 4 rings (SSSR count). The van der Waals surface area contributed by atoms with Crippen LogP contribution in [0.2, 0.25) is 5.02 Å². The van der Waals surface area contributed by atoms with E-state index in [0.29, 0.717) is 21.3 Å². The lowest BCUT2D eigenvalue weighted by Gasteiger charge is -2.05. The zero-order valence-corrected chi connectivity index (χ0v) is 16.7. The van der Waals surface area contributed by atoms with Gasteiger partial charge in [-0.3, -0.25) is 9.59 Å². The molecule has 7 heteroatoms. The quantitative estimate of drug-likeness (QED) is 0.569. The first kappa shape index (κ1) is 18.8. The van der Waals surface area contributed by atoms with Crippen LogP contribution in [0.5, 0.6) is 0 Å². The third kappa shape index (κ3) is 3.70. The van der Waals surface area contributed by atoms with Crippen LogP contribution in [0.25, 0.3) is 11.3 Å². The number of carbonyl (C=O) groups is 2. The minimum Gasteiger partial charge on any atom is -0.451 e. The maximum absolute atomic E-state index is 12.7. The SMILES string of the molecule is NC(=O)c1c(NC(=O)c2ccc(-c3ccc(Cl)cc3)o2)sc2c1CCCCC2. The number of hydrogen-bond acceptors (Lipinski definition) is 4. The van der Waals surface area contributed by atoms with Crippen LogP contribution in [0.15, 0.2) is 40.8 Å². The van der Waals surface area contributed by atoms with Crippen molar-refractivity contribution >= 4 is 39.8 Å². The Labute approximate surface area is 171 Å². The highest BCUT2D eigenvalue weighted by Gasteiger charge is 2.25. The average Bonchev–Trinajstić information content (AvgIpc) is 3.22. The van der Waals surface area contributed by atoms with Gasteiger partial charge in [0.05, 0.1) is 5.56 Å². The van der Waals surface area contributed by atoms with E-state index in [1.165, 1.54) is 11.3 Å². The first-order chi connectivity index (χ1) is 13.5. The largest absolute Gasteiger partial charge is 0.451 e. The minimum atomic E-state index is -0.504. The minimum absolute atomic E-state index is 0.170. The molecule has 0 saturated carbocycles. The molecule has 0 fully saturated rings. The number of anilines is 1. The number of nitrogens with one attached hydrogen (secondary N) is 1. The summed E-state index contributed by atoms with van der Waals surface area (Å²) in [7, 11) is 0. The van der Waals surface area contributed by atoms with Crippen molar-refractivity contribution in [3.63, 3.8) is 0 Å². The molecule has 0 bridgehead atoms. The van der Waals surface area contributed by atoms with Gasteiger partial charge < -0.3 is 15.5 Å². The molecule has 1 aliphatic carbocycles. The van der Waals surface area contributed by atoms with Gasteiger partial charge in [0.25, 0.3) is 11.8 Å². The molecule has 144 valence electrons. The summed E-state index contributed by atoms with van der Waals surface area (Å²) in [6, 6.07) is 10.5. The molecular formula is C21H19ClN2O3S. The second-order valence-corrected chi connectivity index (χ2v) is 8.30. The van der Waals surface area contributed by atoms with Crippen LogP contribution in [0, 0.1) is 0 Å². The normalized spacial score (nSPS) is 13.6. The van der Waals surface area contributed by atoms with E-state index in [2.05, 4.69) is 5.32 Å². The lowest BCUT2D eigenvalue weighted by Crippen LogP contribution is -2.17. The number of amides is 2. The predicted octanol–water partition coefficient (Wildman–Crippen LogP) is 5.28. The van der Waals surface area contributed by atoms with Crippen molar-refractivity contribution in [1.29, 1.82) is 0 Å². The van der Waals surface area contributed by atoms with Crippen molar-refractivity contribution in [2.45, 2.75) is 32.1 Å². The Hall–Kier alpha value is -2.57. The first-order valence-corrected chi connectivity index (χ1v) is 10.3. The van der Waals surface area contributed by atoms with Crippen molar-refractivity contribution in [2.75, 3.05) is 5.32 Å². The van der Waals surface area contributed by atoms with E-state index in [-0.39, 0.29) is 5.76 Å². The van der Waals surface area contributed by atoms with Gasteiger partial charge in [0, 0.05) is 15.5 Å². The van der Waals surface area contributed by atoms with E-state index in [0.717, 1.165) is 48.1 Å². The number of furan rings is 1. The molecule has 0 saturated heterocycles. The molecule has 1 aromatic carbocycles. The molecular weight excluding hydrogens is 396 g/mol. The molecule has 0 aliphatic heterocycles. The standard InChI is InChI=1S/C21H19ClN2O3S/c22-13-8-6-12(7-9-13)15-10-11-16(27-15)20(26)24-21-18(19(23)25)14-4-2-1-3-5-17(14)28-21/h6-11H,1-5H2,(H2,23,25)(H,24,26). The van der Waals surface area contributed by atoms with Crippen LogP contribution in [-0.2, 0) is 12.8 Å². The van der Waals surface area contributed by atoms with Crippen LogP contribution in [0.4, 0.5) is 5.00 Å².